The van der Waals surface area contributed by atoms with Crippen molar-refractivity contribution in [3.8, 4) is 5.75 Å². The Morgan fingerprint density at radius 1 is 1.12 bits per heavy atom. The quantitative estimate of drug-likeness (QED) is 0.295. The molecule has 1 aromatic carbocycles. The van der Waals surface area contributed by atoms with Gasteiger partial charge in [-0.15, -0.1) is 11.3 Å². The Balaban J connectivity index is 1.44. The summed E-state index contributed by atoms with van der Waals surface area (Å²) in [6, 6.07) is 17.8. The van der Waals surface area contributed by atoms with Gasteiger partial charge in [0.25, 0.3) is 0 Å². The van der Waals surface area contributed by atoms with Gasteiger partial charge in [-0.25, -0.2) is 0 Å². The van der Waals surface area contributed by atoms with Crippen LogP contribution in [0, 0.1) is 5.92 Å². The van der Waals surface area contributed by atoms with Crippen LogP contribution in [0.2, 0.25) is 0 Å². The fourth-order valence-electron chi connectivity index (χ4n) is 3.72. The Bertz CT molecular complexity index is 1040. The molecule has 0 saturated heterocycles. The van der Waals surface area contributed by atoms with E-state index >= 15 is 0 Å². The molecule has 1 amide bonds. The monoisotopic (exact) mass is 444 g/mol. The molecule has 32 heavy (non-hydrogen) atoms. The van der Waals surface area contributed by atoms with Crippen LogP contribution < -0.4 is 4.74 Å². The SMILES string of the molecule is O=C(C=Cc1cccs1)N(Cc1cccc(OCC2CC=CCC2)c1)Cc1ccccn1. The number of nitrogens with zero attached hydrogens (tertiary/aromatic N) is 2. The first-order valence-electron chi connectivity index (χ1n) is 11.0. The van der Waals surface area contributed by atoms with E-state index in [2.05, 4.69) is 17.1 Å². The Kier molecular flexibility index (Phi) is 7.88. The van der Waals surface area contributed by atoms with Crippen molar-refractivity contribution in [3.63, 3.8) is 0 Å². The largest absolute Gasteiger partial charge is 0.493 e. The van der Waals surface area contributed by atoms with Crippen molar-refractivity contribution in [2.24, 2.45) is 5.92 Å². The van der Waals surface area contributed by atoms with Crippen molar-refractivity contribution in [2.75, 3.05) is 6.61 Å². The van der Waals surface area contributed by atoms with E-state index in [0.717, 1.165) is 41.3 Å². The maximum atomic E-state index is 13.0. The summed E-state index contributed by atoms with van der Waals surface area (Å²) < 4.78 is 6.08. The average molecular weight is 445 g/mol. The van der Waals surface area contributed by atoms with Crippen LogP contribution in [0.3, 0.4) is 0 Å². The fraction of sp³-hybridized carbons (Fsp3) is 0.259. The smallest absolute Gasteiger partial charge is 0.247 e. The predicted octanol–water partition coefficient (Wildman–Crippen LogP) is 6.12. The van der Waals surface area contributed by atoms with Gasteiger partial charge >= 0.3 is 0 Å². The van der Waals surface area contributed by atoms with Crippen LogP contribution in [-0.2, 0) is 17.9 Å². The zero-order chi connectivity index (χ0) is 22.0. The highest BCUT2D eigenvalue weighted by Crippen LogP contribution is 2.22. The molecule has 3 aromatic rings. The van der Waals surface area contributed by atoms with Gasteiger partial charge in [0.2, 0.25) is 5.91 Å². The third-order valence-corrected chi connectivity index (χ3v) is 6.30. The van der Waals surface area contributed by atoms with E-state index < -0.39 is 0 Å². The summed E-state index contributed by atoms with van der Waals surface area (Å²) in [5.74, 6) is 1.40. The Hall–Kier alpha value is -3.18. The third-order valence-electron chi connectivity index (χ3n) is 5.46. The van der Waals surface area contributed by atoms with Gasteiger partial charge in [0, 0.05) is 23.7 Å². The first-order chi connectivity index (χ1) is 15.8. The first-order valence-corrected chi connectivity index (χ1v) is 11.9. The van der Waals surface area contributed by atoms with E-state index in [9.17, 15) is 4.79 Å². The van der Waals surface area contributed by atoms with Crippen molar-refractivity contribution in [3.05, 3.63) is 101 Å². The minimum atomic E-state index is -0.0376. The highest BCUT2D eigenvalue weighted by molar-refractivity contribution is 7.10. The van der Waals surface area contributed by atoms with Gasteiger partial charge in [0.15, 0.2) is 0 Å². The van der Waals surface area contributed by atoms with Crippen LogP contribution in [0.25, 0.3) is 6.08 Å². The summed E-state index contributed by atoms with van der Waals surface area (Å²) in [4.78, 5) is 20.3. The summed E-state index contributed by atoms with van der Waals surface area (Å²) in [5.41, 5.74) is 1.91. The number of amides is 1. The molecule has 2 heterocycles. The lowest BCUT2D eigenvalue weighted by Crippen LogP contribution is -2.28. The molecule has 5 heteroatoms. The molecular weight excluding hydrogens is 416 g/mol. The number of carbonyl (C=O) groups excluding carboxylic acids is 1. The Morgan fingerprint density at radius 3 is 2.88 bits per heavy atom. The first kappa shape index (κ1) is 22.0. The third kappa shape index (κ3) is 6.66. The number of pyridine rings is 1. The van der Waals surface area contributed by atoms with Crippen LogP contribution in [0.15, 0.2) is 84.4 Å². The molecule has 4 nitrogen and oxygen atoms in total. The molecule has 1 unspecified atom stereocenters. The highest BCUT2D eigenvalue weighted by atomic mass is 32.1. The number of thiophene rings is 1. The summed E-state index contributed by atoms with van der Waals surface area (Å²) >= 11 is 1.61. The van der Waals surface area contributed by atoms with E-state index in [4.69, 9.17) is 4.74 Å². The van der Waals surface area contributed by atoms with Crippen molar-refractivity contribution < 1.29 is 9.53 Å². The van der Waals surface area contributed by atoms with Crippen LogP contribution in [0.5, 0.6) is 5.75 Å². The van der Waals surface area contributed by atoms with Gasteiger partial charge in [-0.05, 0) is 72.5 Å². The molecular formula is C27H28N2O2S. The zero-order valence-corrected chi connectivity index (χ0v) is 18.9. The number of benzene rings is 1. The summed E-state index contributed by atoms with van der Waals surface area (Å²) in [6.45, 7) is 1.68. The molecule has 1 aliphatic rings. The number of hydrogen-bond donors (Lipinski definition) is 0. The van der Waals surface area contributed by atoms with Gasteiger partial charge in [-0.3, -0.25) is 9.78 Å². The zero-order valence-electron chi connectivity index (χ0n) is 18.1. The summed E-state index contributed by atoms with van der Waals surface area (Å²) in [7, 11) is 0. The number of allylic oxidation sites excluding steroid dienone is 2. The second-order valence-corrected chi connectivity index (χ2v) is 8.95. The molecule has 0 radical (unpaired) electrons. The Morgan fingerprint density at radius 2 is 2.09 bits per heavy atom. The molecule has 1 atom stereocenters. The summed E-state index contributed by atoms with van der Waals surface area (Å²) in [5, 5.41) is 2.00. The van der Waals surface area contributed by atoms with Crippen LogP contribution >= 0.6 is 11.3 Å². The lowest BCUT2D eigenvalue weighted by Gasteiger charge is -2.22. The maximum Gasteiger partial charge on any atom is 0.247 e. The molecule has 4 rings (SSSR count). The number of ether oxygens (including phenoxy) is 1. The molecule has 0 fully saturated rings. The molecule has 0 saturated carbocycles. The minimum Gasteiger partial charge on any atom is -0.493 e. The lowest BCUT2D eigenvalue weighted by atomic mass is 9.95. The minimum absolute atomic E-state index is 0.0376. The van der Waals surface area contributed by atoms with Crippen molar-refractivity contribution >= 4 is 23.3 Å². The summed E-state index contributed by atoms with van der Waals surface area (Å²) in [6.07, 6.45) is 13.2. The second kappa shape index (κ2) is 11.4. The van der Waals surface area contributed by atoms with E-state index in [1.165, 1.54) is 6.42 Å². The van der Waals surface area contributed by atoms with Crippen molar-refractivity contribution in [1.29, 1.82) is 0 Å². The van der Waals surface area contributed by atoms with Crippen LogP contribution in [0.4, 0.5) is 0 Å². The lowest BCUT2D eigenvalue weighted by molar-refractivity contribution is -0.127. The average Bonchev–Trinajstić information content (AvgIpc) is 3.36. The van der Waals surface area contributed by atoms with E-state index in [-0.39, 0.29) is 5.91 Å². The molecule has 2 aromatic heterocycles. The molecule has 0 aliphatic heterocycles. The van der Waals surface area contributed by atoms with Gasteiger partial charge in [0.1, 0.15) is 5.75 Å². The second-order valence-electron chi connectivity index (χ2n) is 7.97. The number of rotatable bonds is 9. The maximum absolute atomic E-state index is 13.0. The van der Waals surface area contributed by atoms with E-state index in [1.54, 1.807) is 23.6 Å². The van der Waals surface area contributed by atoms with Crippen LogP contribution in [-0.4, -0.2) is 22.4 Å². The van der Waals surface area contributed by atoms with Gasteiger partial charge < -0.3 is 9.64 Å². The van der Waals surface area contributed by atoms with Gasteiger partial charge in [-0.2, -0.15) is 0 Å². The van der Waals surface area contributed by atoms with Crippen molar-refractivity contribution in [2.45, 2.75) is 32.4 Å². The molecule has 1 aliphatic carbocycles. The van der Waals surface area contributed by atoms with E-state index in [1.807, 2.05) is 71.0 Å². The Labute approximate surface area is 193 Å². The van der Waals surface area contributed by atoms with Gasteiger partial charge in [-0.1, -0.05) is 36.4 Å². The molecule has 0 bridgehead atoms. The number of hydrogen-bond acceptors (Lipinski definition) is 4. The number of aromatic nitrogens is 1. The topological polar surface area (TPSA) is 42.4 Å². The number of carbonyl (C=O) groups is 1. The van der Waals surface area contributed by atoms with Crippen molar-refractivity contribution in [1.82, 2.24) is 9.88 Å². The van der Waals surface area contributed by atoms with E-state index in [0.29, 0.717) is 19.0 Å². The predicted molar refractivity (Wildman–Crippen MR) is 130 cm³/mol. The molecule has 164 valence electrons. The van der Waals surface area contributed by atoms with Crippen LogP contribution in [0.1, 0.15) is 35.4 Å². The normalized spacial score (nSPS) is 15.7. The highest BCUT2D eigenvalue weighted by Gasteiger charge is 2.14. The standard InChI is InChI=1S/C27H28N2O2S/c30-27(15-14-26-13-7-17-32-26)29(20-24-11-4-5-16-28-24)19-23-10-6-12-25(18-23)31-21-22-8-2-1-3-9-22/h1-2,4-7,10-18,22H,3,8-9,19-21H2. The van der Waals surface area contributed by atoms with Gasteiger partial charge in [0.05, 0.1) is 18.8 Å². The fourth-order valence-corrected chi connectivity index (χ4v) is 4.34. The molecule has 0 N–H and O–H groups in total. The molecule has 0 spiro atoms.